The molecule has 2 rings (SSSR count). The van der Waals surface area contributed by atoms with Crippen LogP contribution in [0.15, 0.2) is 36.7 Å². The Kier molecular flexibility index (Phi) is 3.97. The molecule has 1 aromatic heterocycles. The summed E-state index contributed by atoms with van der Waals surface area (Å²) in [5, 5.41) is 3.34. The van der Waals surface area contributed by atoms with Gasteiger partial charge in [0.2, 0.25) is 5.95 Å². The maximum absolute atomic E-state index is 12.9. The van der Waals surface area contributed by atoms with E-state index in [0.717, 1.165) is 24.5 Å². The molecule has 18 heavy (non-hydrogen) atoms. The van der Waals surface area contributed by atoms with Crippen molar-refractivity contribution >= 4 is 5.95 Å². The first kappa shape index (κ1) is 12.6. The largest absolute Gasteiger partial charge is 0.349 e. The van der Waals surface area contributed by atoms with Gasteiger partial charge in [-0.25, -0.2) is 9.37 Å². The highest BCUT2D eigenvalue weighted by Gasteiger charge is 2.08. The molecule has 0 spiro atoms. The number of aromatic nitrogens is 2. The van der Waals surface area contributed by atoms with Crippen molar-refractivity contribution in [1.29, 1.82) is 0 Å². The first-order chi connectivity index (χ1) is 8.70. The monoisotopic (exact) mass is 247 g/mol. The van der Waals surface area contributed by atoms with Gasteiger partial charge in [-0.3, -0.25) is 0 Å². The van der Waals surface area contributed by atoms with Crippen molar-refractivity contribution in [3.05, 3.63) is 48.0 Å². The Hall–Kier alpha value is -1.84. The Bertz CT molecular complexity index is 490. The molecule has 1 heterocycles. The van der Waals surface area contributed by atoms with Crippen LogP contribution in [0.3, 0.4) is 0 Å². The fourth-order valence-corrected chi connectivity index (χ4v) is 1.90. The third-order valence-corrected chi connectivity index (χ3v) is 2.90. The molecule has 1 aromatic carbocycles. The second-order valence-corrected chi connectivity index (χ2v) is 4.36. The highest BCUT2D eigenvalue weighted by molar-refractivity contribution is 5.32. The van der Waals surface area contributed by atoms with E-state index in [0.29, 0.717) is 0 Å². The molecule has 0 saturated carbocycles. The lowest BCUT2D eigenvalue weighted by Gasteiger charge is -2.16. The van der Waals surface area contributed by atoms with E-state index in [-0.39, 0.29) is 11.9 Å². The predicted octanol–water partition coefficient (Wildman–Crippen LogP) is 3.61. The van der Waals surface area contributed by atoms with Gasteiger partial charge in [0.25, 0.3) is 0 Å². The topological polar surface area (TPSA) is 29.9 Å². The average Bonchev–Trinajstić information content (AvgIpc) is 2.78. The molecule has 1 atom stereocenters. The van der Waals surface area contributed by atoms with Crippen LogP contribution in [0, 0.1) is 5.82 Å². The van der Waals surface area contributed by atoms with Gasteiger partial charge in [-0.2, -0.15) is 0 Å². The number of anilines is 1. The van der Waals surface area contributed by atoms with E-state index in [2.05, 4.69) is 21.8 Å². The van der Waals surface area contributed by atoms with E-state index in [1.807, 2.05) is 13.1 Å². The van der Waals surface area contributed by atoms with Gasteiger partial charge in [-0.05, 0) is 31.0 Å². The van der Waals surface area contributed by atoms with Gasteiger partial charge in [-0.1, -0.05) is 19.1 Å². The quantitative estimate of drug-likeness (QED) is 0.874. The molecule has 0 amide bonds. The molecule has 2 aromatic rings. The van der Waals surface area contributed by atoms with E-state index < -0.39 is 0 Å². The summed E-state index contributed by atoms with van der Waals surface area (Å²) in [5.41, 5.74) is 1.04. The minimum atomic E-state index is -0.210. The van der Waals surface area contributed by atoms with E-state index in [4.69, 9.17) is 0 Å². The van der Waals surface area contributed by atoms with Gasteiger partial charge in [0.05, 0.1) is 6.04 Å². The molecule has 4 heteroatoms. The Morgan fingerprint density at radius 1 is 1.33 bits per heavy atom. The Labute approximate surface area is 107 Å². The number of hydrogen-bond acceptors (Lipinski definition) is 2. The molecular formula is C14H18FN3. The third-order valence-electron chi connectivity index (χ3n) is 2.90. The van der Waals surface area contributed by atoms with Crippen LogP contribution < -0.4 is 5.32 Å². The first-order valence-electron chi connectivity index (χ1n) is 6.24. The summed E-state index contributed by atoms with van der Waals surface area (Å²) >= 11 is 0. The van der Waals surface area contributed by atoms with Gasteiger partial charge < -0.3 is 9.88 Å². The van der Waals surface area contributed by atoms with Crippen molar-refractivity contribution in [1.82, 2.24) is 9.55 Å². The summed E-state index contributed by atoms with van der Waals surface area (Å²) in [6.07, 6.45) is 4.81. The van der Waals surface area contributed by atoms with Gasteiger partial charge in [0.15, 0.2) is 0 Å². The van der Waals surface area contributed by atoms with Crippen LogP contribution in [0.1, 0.15) is 31.9 Å². The Morgan fingerprint density at radius 3 is 2.72 bits per heavy atom. The molecular weight excluding hydrogens is 229 g/mol. The number of nitrogens with zero attached hydrogens (tertiary/aromatic N) is 2. The van der Waals surface area contributed by atoms with Gasteiger partial charge in [0, 0.05) is 18.9 Å². The lowest BCUT2D eigenvalue weighted by Crippen LogP contribution is -2.11. The molecule has 0 aliphatic carbocycles. The molecule has 0 saturated heterocycles. The van der Waals surface area contributed by atoms with Crippen LogP contribution in [-0.2, 0) is 6.54 Å². The molecule has 0 fully saturated rings. The normalized spacial score (nSPS) is 12.4. The van der Waals surface area contributed by atoms with Crippen LogP contribution in [0.25, 0.3) is 0 Å². The third kappa shape index (κ3) is 2.88. The minimum absolute atomic E-state index is 0.101. The van der Waals surface area contributed by atoms with Gasteiger partial charge in [0.1, 0.15) is 5.82 Å². The molecule has 0 radical (unpaired) electrons. The summed E-state index contributed by atoms with van der Waals surface area (Å²) in [5.74, 6) is 0.645. The van der Waals surface area contributed by atoms with Crippen molar-refractivity contribution < 1.29 is 4.39 Å². The second-order valence-electron chi connectivity index (χ2n) is 4.36. The van der Waals surface area contributed by atoms with Crippen LogP contribution in [0.4, 0.5) is 10.3 Å². The fourth-order valence-electron chi connectivity index (χ4n) is 1.90. The zero-order valence-electron chi connectivity index (χ0n) is 10.7. The molecule has 0 aliphatic heterocycles. The highest BCUT2D eigenvalue weighted by Crippen LogP contribution is 2.18. The second kappa shape index (κ2) is 5.67. The number of rotatable bonds is 5. The van der Waals surface area contributed by atoms with Gasteiger partial charge in [-0.15, -0.1) is 0 Å². The predicted molar refractivity (Wildman–Crippen MR) is 71.0 cm³/mol. The summed E-state index contributed by atoms with van der Waals surface area (Å²) < 4.78 is 14.9. The standard InChI is InChI=1S/C14H18FN3/c1-3-9-18-10-8-16-14(18)17-11(2)12-4-6-13(15)7-5-12/h4-8,10-11H,3,9H2,1-2H3,(H,16,17). The first-order valence-corrected chi connectivity index (χ1v) is 6.24. The number of benzene rings is 1. The highest BCUT2D eigenvalue weighted by atomic mass is 19.1. The van der Waals surface area contributed by atoms with Gasteiger partial charge >= 0.3 is 0 Å². The number of imidazole rings is 1. The van der Waals surface area contributed by atoms with Crippen molar-refractivity contribution in [2.24, 2.45) is 0 Å². The van der Waals surface area contributed by atoms with Crippen molar-refractivity contribution in [2.75, 3.05) is 5.32 Å². The molecule has 3 nitrogen and oxygen atoms in total. The summed E-state index contributed by atoms with van der Waals surface area (Å²) in [7, 11) is 0. The van der Waals surface area contributed by atoms with Crippen LogP contribution in [-0.4, -0.2) is 9.55 Å². The van der Waals surface area contributed by atoms with Crippen molar-refractivity contribution in [3.8, 4) is 0 Å². The average molecular weight is 247 g/mol. The molecule has 1 unspecified atom stereocenters. The van der Waals surface area contributed by atoms with Crippen LogP contribution in [0.5, 0.6) is 0 Å². The zero-order chi connectivity index (χ0) is 13.0. The van der Waals surface area contributed by atoms with E-state index in [1.165, 1.54) is 12.1 Å². The van der Waals surface area contributed by atoms with E-state index in [1.54, 1.807) is 18.3 Å². The fraction of sp³-hybridized carbons (Fsp3) is 0.357. The van der Waals surface area contributed by atoms with E-state index in [9.17, 15) is 4.39 Å². The summed E-state index contributed by atoms with van der Waals surface area (Å²) in [6.45, 7) is 5.11. The lowest BCUT2D eigenvalue weighted by atomic mass is 10.1. The Balaban J connectivity index is 2.08. The number of halogens is 1. The number of nitrogens with one attached hydrogen (secondary N) is 1. The van der Waals surface area contributed by atoms with Crippen molar-refractivity contribution in [2.45, 2.75) is 32.9 Å². The molecule has 1 N–H and O–H groups in total. The van der Waals surface area contributed by atoms with Crippen LogP contribution >= 0.6 is 0 Å². The lowest BCUT2D eigenvalue weighted by molar-refractivity contribution is 0.626. The SMILES string of the molecule is CCCn1ccnc1NC(C)c1ccc(F)cc1. The number of hydrogen-bond donors (Lipinski definition) is 1. The van der Waals surface area contributed by atoms with Crippen molar-refractivity contribution in [3.63, 3.8) is 0 Å². The molecule has 96 valence electrons. The smallest absolute Gasteiger partial charge is 0.203 e. The summed E-state index contributed by atoms with van der Waals surface area (Å²) in [6, 6.07) is 6.64. The minimum Gasteiger partial charge on any atom is -0.349 e. The van der Waals surface area contributed by atoms with Crippen LogP contribution in [0.2, 0.25) is 0 Å². The summed E-state index contributed by atoms with van der Waals surface area (Å²) in [4.78, 5) is 4.30. The Morgan fingerprint density at radius 2 is 2.06 bits per heavy atom. The number of aryl methyl sites for hydroxylation is 1. The molecule has 0 bridgehead atoms. The maximum atomic E-state index is 12.9. The zero-order valence-corrected chi connectivity index (χ0v) is 10.7. The molecule has 0 aliphatic rings. The maximum Gasteiger partial charge on any atom is 0.203 e. The van der Waals surface area contributed by atoms with E-state index >= 15 is 0 Å².